The molecule has 1 aliphatic carbocycles. The summed E-state index contributed by atoms with van der Waals surface area (Å²) in [5, 5.41) is 0. The van der Waals surface area contributed by atoms with E-state index in [-0.39, 0.29) is 6.09 Å². The van der Waals surface area contributed by atoms with E-state index >= 15 is 0 Å². The lowest BCUT2D eigenvalue weighted by Crippen LogP contribution is -2.49. The zero-order chi connectivity index (χ0) is 16.3. The van der Waals surface area contributed by atoms with Crippen molar-refractivity contribution >= 4 is 6.09 Å². The Hall–Kier alpha value is -1.45. The van der Waals surface area contributed by atoms with Crippen LogP contribution in [0.2, 0.25) is 0 Å². The Labute approximate surface area is 134 Å². The second kappa shape index (κ2) is 6.76. The van der Waals surface area contributed by atoms with E-state index in [4.69, 9.17) is 4.74 Å². The third kappa shape index (κ3) is 4.52. The first kappa shape index (κ1) is 16.9. The van der Waals surface area contributed by atoms with Crippen LogP contribution in [0.25, 0.3) is 0 Å². The van der Waals surface area contributed by atoms with Crippen LogP contribution in [0.3, 0.4) is 0 Å². The molecule has 0 bridgehead atoms. The first-order valence-electron chi connectivity index (χ1n) is 8.39. The number of hydrogen-bond acceptors (Lipinski definition) is 3. The summed E-state index contributed by atoms with van der Waals surface area (Å²) in [7, 11) is 0. The van der Waals surface area contributed by atoms with Crippen molar-refractivity contribution in [1.29, 1.82) is 0 Å². The smallest absolute Gasteiger partial charge is 0.410 e. The van der Waals surface area contributed by atoms with Crippen molar-refractivity contribution in [1.82, 2.24) is 9.80 Å². The number of hydrogen-bond donors (Lipinski definition) is 0. The Morgan fingerprint density at radius 3 is 2.18 bits per heavy atom. The van der Waals surface area contributed by atoms with Crippen LogP contribution in [-0.4, -0.2) is 47.7 Å². The Balaban J connectivity index is 1.87. The van der Waals surface area contributed by atoms with Gasteiger partial charge in [-0.05, 0) is 45.6 Å². The number of ether oxygens (including phenoxy) is 1. The fourth-order valence-corrected chi connectivity index (χ4v) is 2.89. The van der Waals surface area contributed by atoms with E-state index < -0.39 is 5.60 Å². The SMILES string of the molecule is CC(C)C1=CC=C(N2CCN(C(=O)OC(C)(C)C)CC2)CC1. The number of piperazine rings is 1. The molecule has 1 aliphatic heterocycles. The highest BCUT2D eigenvalue weighted by molar-refractivity contribution is 5.68. The van der Waals surface area contributed by atoms with Crippen LogP contribution in [-0.2, 0) is 4.74 Å². The number of nitrogens with zero attached hydrogens (tertiary/aromatic N) is 2. The lowest BCUT2D eigenvalue weighted by molar-refractivity contribution is 0.0166. The molecule has 0 unspecified atom stereocenters. The highest BCUT2D eigenvalue weighted by atomic mass is 16.6. The molecule has 124 valence electrons. The van der Waals surface area contributed by atoms with Crippen LogP contribution in [0.4, 0.5) is 4.79 Å². The lowest BCUT2D eigenvalue weighted by Gasteiger charge is -2.38. The minimum Gasteiger partial charge on any atom is -0.444 e. The predicted octanol–water partition coefficient (Wildman–Crippen LogP) is 3.80. The largest absolute Gasteiger partial charge is 0.444 e. The van der Waals surface area contributed by atoms with Crippen LogP contribution in [0.15, 0.2) is 23.4 Å². The number of carbonyl (C=O) groups excluding carboxylic acids is 1. The summed E-state index contributed by atoms with van der Waals surface area (Å²) in [6.45, 7) is 13.5. The molecule has 0 aromatic carbocycles. The minimum atomic E-state index is -0.418. The second-order valence-electron chi connectivity index (χ2n) is 7.51. The van der Waals surface area contributed by atoms with Gasteiger partial charge in [0.1, 0.15) is 5.60 Å². The molecule has 2 rings (SSSR count). The van der Waals surface area contributed by atoms with Crippen molar-refractivity contribution in [3.8, 4) is 0 Å². The average Bonchev–Trinajstić information content (AvgIpc) is 2.46. The molecule has 0 N–H and O–H groups in total. The molecule has 0 saturated carbocycles. The van der Waals surface area contributed by atoms with Gasteiger partial charge in [0.05, 0.1) is 0 Å². The molecule has 0 aromatic rings. The maximum absolute atomic E-state index is 12.1. The van der Waals surface area contributed by atoms with Crippen LogP contribution < -0.4 is 0 Å². The van der Waals surface area contributed by atoms with Gasteiger partial charge in [-0.1, -0.05) is 25.5 Å². The van der Waals surface area contributed by atoms with Crippen molar-refractivity contribution in [2.75, 3.05) is 26.2 Å². The van der Waals surface area contributed by atoms with Crippen LogP contribution >= 0.6 is 0 Å². The number of allylic oxidation sites excluding steroid dienone is 4. The van der Waals surface area contributed by atoms with Gasteiger partial charge in [0.2, 0.25) is 0 Å². The molecular weight excluding hydrogens is 276 g/mol. The van der Waals surface area contributed by atoms with E-state index in [9.17, 15) is 4.79 Å². The first-order valence-corrected chi connectivity index (χ1v) is 8.39. The average molecular weight is 306 g/mol. The standard InChI is InChI=1S/C18H30N2O2/c1-14(2)15-6-8-16(9-7-15)19-10-12-20(13-11-19)17(21)22-18(3,4)5/h6,8,14H,7,9-13H2,1-5H3. The molecule has 2 aliphatic rings. The van der Waals surface area contributed by atoms with Crippen molar-refractivity contribution in [2.24, 2.45) is 5.92 Å². The molecule has 4 nitrogen and oxygen atoms in total. The summed E-state index contributed by atoms with van der Waals surface area (Å²) in [6, 6.07) is 0. The molecule has 1 saturated heterocycles. The van der Waals surface area contributed by atoms with E-state index in [0.29, 0.717) is 5.92 Å². The lowest BCUT2D eigenvalue weighted by atomic mass is 9.93. The van der Waals surface area contributed by atoms with Gasteiger partial charge in [-0.25, -0.2) is 4.79 Å². The summed E-state index contributed by atoms with van der Waals surface area (Å²) in [4.78, 5) is 16.3. The molecule has 0 spiro atoms. The minimum absolute atomic E-state index is 0.188. The summed E-state index contributed by atoms with van der Waals surface area (Å²) in [6.07, 6.45) is 6.64. The number of rotatable bonds is 2. The predicted molar refractivity (Wildman–Crippen MR) is 89.6 cm³/mol. The van der Waals surface area contributed by atoms with E-state index in [2.05, 4.69) is 30.9 Å². The van der Waals surface area contributed by atoms with Gasteiger partial charge in [-0.15, -0.1) is 0 Å². The van der Waals surface area contributed by atoms with Gasteiger partial charge < -0.3 is 14.5 Å². The van der Waals surface area contributed by atoms with Gasteiger partial charge in [-0.2, -0.15) is 0 Å². The monoisotopic (exact) mass is 306 g/mol. The number of amides is 1. The zero-order valence-corrected chi connectivity index (χ0v) is 14.7. The second-order valence-corrected chi connectivity index (χ2v) is 7.51. The Bertz CT molecular complexity index is 464. The molecular formula is C18H30N2O2. The van der Waals surface area contributed by atoms with Crippen LogP contribution in [0, 0.1) is 5.92 Å². The fourth-order valence-electron chi connectivity index (χ4n) is 2.89. The molecule has 4 heteroatoms. The summed E-state index contributed by atoms with van der Waals surface area (Å²) < 4.78 is 5.44. The molecule has 1 fully saturated rings. The van der Waals surface area contributed by atoms with Gasteiger partial charge >= 0.3 is 6.09 Å². The van der Waals surface area contributed by atoms with E-state index in [1.165, 1.54) is 11.3 Å². The maximum atomic E-state index is 12.1. The zero-order valence-electron chi connectivity index (χ0n) is 14.7. The van der Waals surface area contributed by atoms with E-state index in [1.54, 1.807) is 0 Å². The normalized spacial score (nSPS) is 19.9. The van der Waals surface area contributed by atoms with Gasteiger partial charge in [0, 0.05) is 31.9 Å². The number of carbonyl (C=O) groups is 1. The molecule has 22 heavy (non-hydrogen) atoms. The van der Waals surface area contributed by atoms with E-state index in [0.717, 1.165) is 39.0 Å². The van der Waals surface area contributed by atoms with Gasteiger partial charge in [0.25, 0.3) is 0 Å². The topological polar surface area (TPSA) is 32.8 Å². The quantitative estimate of drug-likeness (QED) is 0.778. The molecule has 1 amide bonds. The third-order valence-corrected chi connectivity index (χ3v) is 4.24. The third-order valence-electron chi connectivity index (χ3n) is 4.24. The Morgan fingerprint density at radius 2 is 1.73 bits per heavy atom. The highest BCUT2D eigenvalue weighted by Crippen LogP contribution is 2.26. The van der Waals surface area contributed by atoms with Gasteiger partial charge in [-0.3, -0.25) is 0 Å². The Morgan fingerprint density at radius 1 is 1.09 bits per heavy atom. The molecule has 0 atom stereocenters. The maximum Gasteiger partial charge on any atom is 0.410 e. The summed E-state index contributed by atoms with van der Waals surface area (Å²) in [5.41, 5.74) is 2.53. The summed E-state index contributed by atoms with van der Waals surface area (Å²) >= 11 is 0. The Kier molecular flexibility index (Phi) is 5.20. The van der Waals surface area contributed by atoms with Gasteiger partial charge in [0.15, 0.2) is 0 Å². The van der Waals surface area contributed by atoms with Crippen molar-refractivity contribution < 1.29 is 9.53 Å². The van der Waals surface area contributed by atoms with Crippen LogP contribution in [0.5, 0.6) is 0 Å². The van der Waals surface area contributed by atoms with E-state index in [1.807, 2.05) is 25.7 Å². The van der Waals surface area contributed by atoms with Crippen molar-refractivity contribution in [2.45, 2.75) is 53.1 Å². The van der Waals surface area contributed by atoms with Crippen molar-refractivity contribution in [3.05, 3.63) is 23.4 Å². The van der Waals surface area contributed by atoms with Crippen LogP contribution in [0.1, 0.15) is 47.5 Å². The molecule has 0 radical (unpaired) electrons. The molecule has 0 aromatic heterocycles. The first-order chi connectivity index (χ1) is 10.3. The fraction of sp³-hybridized carbons (Fsp3) is 0.722. The van der Waals surface area contributed by atoms with Crippen molar-refractivity contribution in [3.63, 3.8) is 0 Å². The molecule has 1 heterocycles. The highest BCUT2D eigenvalue weighted by Gasteiger charge is 2.26. The summed E-state index contributed by atoms with van der Waals surface area (Å²) in [5.74, 6) is 0.641.